The molecule has 7 heteroatoms. The maximum atomic E-state index is 12.9. The summed E-state index contributed by atoms with van der Waals surface area (Å²) in [6.45, 7) is 1.12. The molecule has 1 aliphatic heterocycles. The topological polar surface area (TPSA) is 67.3 Å². The van der Waals surface area contributed by atoms with Gasteiger partial charge in [-0.2, -0.15) is 0 Å². The van der Waals surface area contributed by atoms with E-state index in [4.69, 9.17) is 16.3 Å². The van der Waals surface area contributed by atoms with Crippen molar-refractivity contribution in [1.29, 1.82) is 0 Å². The number of methoxy groups -OCH3 is 1. The van der Waals surface area contributed by atoms with Crippen LogP contribution in [0, 0.1) is 0 Å². The van der Waals surface area contributed by atoms with Crippen LogP contribution in [0.1, 0.15) is 21.6 Å². The van der Waals surface area contributed by atoms with E-state index >= 15 is 0 Å². The summed E-state index contributed by atoms with van der Waals surface area (Å²) in [5, 5.41) is 3.15. The van der Waals surface area contributed by atoms with Crippen LogP contribution in [0.5, 0.6) is 5.75 Å². The van der Waals surface area contributed by atoms with Gasteiger partial charge in [0.05, 0.1) is 12.8 Å². The van der Waals surface area contributed by atoms with Gasteiger partial charge in [0, 0.05) is 19.2 Å². The van der Waals surface area contributed by atoms with Crippen molar-refractivity contribution >= 4 is 29.0 Å². The molecule has 0 bridgehead atoms. The van der Waals surface area contributed by atoms with Crippen molar-refractivity contribution in [3.8, 4) is 5.75 Å². The minimum atomic E-state index is -0.182. The smallest absolute Gasteiger partial charge is 0.273 e. The standard InChI is InChI=1S/C20H17ClN4O2/c1-27-17-9-5-4-8-15(17)22-18-10-16(23-20(21)24-18)19(26)25-11-13-6-2-3-7-14(13)12-25/h2-10H,11-12H2,1H3,(H,22,23,24). The highest BCUT2D eigenvalue weighted by molar-refractivity contribution is 6.28. The zero-order chi connectivity index (χ0) is 18.8. The van der Waals surface area contributed by atoms with Crippen molar-refractivity contribution in [2.45, 2.75) is 13.1 Å². The average molecular weight is 381 g/mol. The molecule has 0 fully saturated rings. The third kappa shape index (κ3) is 3.57. The second kappa shape index (κ2) is 7.25. The van der Waals surface area contributed by atoms with Crippen molar-refractivity contribution < 1.29 is 9.53 Å². The van der Waals surface area contributed by atoms with Gasteiger partial charge in [-0.05, 0) is 34.9 Å². The minimum Gasteiger partial charge on any atom is -0.495 e. The number of anilines is 2. The number of carbonyl (C=O) groups is 1. The molecule has 27 heavy (non-hydrogen) atoms. The van der Waals surface area contributed by atoms with Gasteiger partial charge in [-0.3, -0.25) is 4.79 Å². The number of aromatic nitrogens is 2. The Bertz CT molecular complexity index is 984. The summed E-state index contributed by atoms with van der Waals surface area (Å²) in [5.74, 6) is 0.910. The summed E-state index contributed by atoms with van der Waals surface area (Å²) in [6, 6.07) is 17.1. The molecule has 2 aromatic carbocycles. The van der Waals surface area contributed by atoms with E-state index in [1.165, 1.54) is 0 Å². The second-order valence-corrected chi connectivity index (χ2v) is 6.50. The largest absolute Gasteiger partial charge is 0.495 e. The molecule has 0 saturated heterocycles. The number of ether oxygens (including phenoxy) is 1. The van der Waals surface area contributed by atoms with Crippen LogP contribution >= 0.6 is 11.6 Å². The highest BCUT2D eigenvalue weighted by Gasteiger charge is 2.25. The van der Waals surface area contributed by atoms with Crippen molar-refractivity contribution in [2.24, 2.45) is 0 Å². The average Bonchev–Trinajstić information content (AvgIpc) is 3.11. The number of fused-ring (bicyclic) bond motifs is 1. The Morgan fingerprint density at radius 3 is 2.44 bits per heavy atom. The first kappa shape index (κ1) is 17.3. The zero-order valence-corrected chi connectivity index (χ0v) is 15.4. The number of nitrogens with zero attached hydrogens (tertiary/aromatic N) is 3. The monoisotopic (exact) mass is 380 g/mol. The maximum absolute atomic E-state index is 12.9. The molecule has 0 aliphatic carbocycles. The SMILES string of the molecule is COc1ccccc1Nc1cc(C(=O)N2Cc3ccccc3C2)nc(Cl)n1. The molecule has 0 saturated carbocycles. The molecule has 4 rings (SSSR count). The van der Waals surface area contributed by atoms with Gasteiger partial charge in [-0.25, -0.2) is 9.97 Å². The predicted octanol–water partition coefficient (Wildman–Crippen LogP) is 4.04. The second-order valence-electron chi connectivity index (χ2n) is 6.16. The Morgan fingerprint density at radius 1 is 1.07 bits per heavy atom. The van der Waals surface area contributed by atoms with Crippen LogP contribution in [-0.4, -0.2) is 27.9 Å². The number of hydrogen-bond donors (Lipinski definition) is 1. The highest BCUT2D eigenvalue weighted by atomic mass is 35.5. The molecule has 0 unspecified atom stereocenters. The van der Waals surface area contributed by atoms with E-state index in [2.05, 4.69) is 15.3 Å². The molecular formula is C20H17ClN4O2. The molecular weight excluding hydrogens is 364 g/mol. The molecule has 2 heterocycles. The van der Waals surface area contributed by atoms with E-state index < -0.39 is 0 Å². The van der Waals surface area contributed by atoms with Crippen LogP contribution in [0.3, 0.4) is 0 Å². The zero-order valence-electron chi connectivity index (χ0n) is 14.6. The molecule has 3 aromatic rings. The van der Waals surface area contributed by atoms with Crippen molar-refractivity contribution in [3.63, 3.8) is 0 Å². The molecule has 1 aromatic heterocycles. The van der Waals surface area contributed by atoms with Gasteiger partial charge < -0.3 is 15.0 Å². The van der Waals surface area contributed by atoms with Crippen molar-refractivity contribution in [3.05, 3.63) is 76.7 Å². The van der Waals surface area contributed by atoms with Crippen molar-refractivity contribution in [1.82, 2.24) is 14.9 Å². The van der Waals surface area contributed by atoms with Gasteiger partial charge in [0.1, 0.15) is 17.3 Å². The van der Waals surface area contributed by atoms with E-state index in [9.17, 15) is 4.79 Å². The van der Waals surface area contributed by atoms with Gasteiger partial charge in [0.25, 0.3) is 5.91 Å². The molecule has 1 aliphatic rings. The summed E-state index contributed by atoms with van der Waals surface area (Å²) in [5.41, 5.74) is 3.28. The van der Waals surface area contributed by atoms with Crippen LogP contribution < -0.4 is 10.1 Å². The van der Waals surface area contributed by atoms with Gasteiger partial charge >= 0.3 is 0 Å². The van der Waals surface area contributed by atoms with Crippen LogP contribution in [0.25, 0.3) is 0 Å². The summed E-state index contributed by atoms with van der Waals surface area (Å²) in [4.78, 5) is 23.0. The lowest BCUT2D eigenvalue weighted by Gasteiger charge is -2.16. The number of para-hydroxylation sites is 2. The van der Waals surface area contributed by atoms with E-state index in [-0.39, 0.29) is 16.9 Å². The van der Waals surface area contributed by atoms with Crippen LogP contribution in [-0.2, 0) is 13.1 Å². The van der Waals surface area contributed by atoms with E-state index in [1.54, 1.807) is 18.1 Å². The van der Waals surface area contributed by atoms with E-state index in [1.807, 2.05) is 48.5 Å². The molecule has 1 amide bonds. The fourth-order valence-electron chi connectivity index (χ4n) is 3.12. The maximum Gasteiger partial charge on any atom is 0.273 e. The van der Waals surface area contributed by atoms with Crippen LogP contribution in [0.15, 0.2) is 54.6 Å². The first-order valence-electron chi connectivity index (χ1n) is 8.45. The first-order valence-corrected chi connectivity index (χ1v) is 8.82. The lowest BCUT2D eigenvalue weighted by Crippen LogP contribution is -2.26. The Hall–Kier alpha value is -3.12. The number of amides is 1. The molecule has 1 N–H and O–H groups in total. The van der Waals surface area contributed by atoms with Gasteiger partial charge in [-0.15, -0.1) is 0 Å². The lowest BCUT2D eigenvalue weighted by atomic mass is 10.1. The lowest BCUT2D eigenvalue weighted by molar-refractivity contribution is 0.0745. The van der Waals surface area contributed by atoms with E-state index in [0.29, 0.717) is 24.7 Å². The molecule has 136 valence electrons. The number of halogens is 1. The van der Waals surface area contributed by atoms with E-state index in [0.717, 1.165) is 16.8 Å². The first-order chi connectivity index (χ1) is 13.1. The normalized spacial score (nSPS) is 12.6. The Kier molecular flexibility index (Phi) is 4.64. The number of rotatable bonds is 4. The predicted molar refractivity (Wildman–Crippen MR) is 103 cm³/mol. The van der Waals surface area contributed by atoms with Gasteiger partial charge in [0.15, 0.2) is 0 Å². The third-order valence-corrected chi connectivity index (χ3v) is 4.58. The van der Waals surface area contributed by atoms with Gasteiger partial charge in [-0.1, -0.05) is 36.4 Å². The molecule has 0 radical (unpaired) electrons. The summed E-state index contributed by atoms with van der Waals surface area (Å²) >= 11 is 6.07. The number of carbonyl (C=O) groups excluding carboxylic acids is 1. The Balaban J connectivity index is 1.58. The van der Waals surface area contributed by atoms with Gasteiger partial charge in [0.2, 0.25) is 5.28 Å². The van der Waals surface area contributed by atoms with Crippen LogP contribution in [0.2, 0.25) is 5.28 Å². The molecule has 0 spiro atoms. The quantitative estimate of drug-likeness (QED) is 0.692. The number of nitrogens with one attached hydrogen (secondary N) is 1. The fourth-order valence-corrected chi connectivity index (χ4v) is 3.30. The summed E-state index contributed by atoms with van der Waals surface area (Å²) < 4.78 is 5.33. The summed E-state index contributed by atoms with van der Waals surface area (Å²) in [6.07, 6.45) is 0. The Morgan fingerprint density at radius 2 is 1.74 bits per heavy atom. The molecule has 0 atom stereocenters. The fraction of sp³-hybridized carbons (Fsp3) is 0.150. The van der Waals surface area contributed by atoms with Crippen molar-refractivity contribution in [2.75, 3.05) is 12.4 Å². The Labute approximate surface area is 161 Å². The van der Waals surface area contributed by atoms with Crippen LogP contribution in [0.4, 0.5) is 11.5 Å². The summed E-state index contributed by atoms with van der Waals surface area (Å²) in [7, 11) is 1.59. The number of benzene rings is 2. The highest BCUT2D eigenvalue weighted by Crippen LogP contribution is 2.28. The number of hydrogen-bond acceptors (Lipinski definition) is 5. The third-order valence-electron chi connectivity index (χ3n) is 4.42. The molecule has 6 nitrogen and oxygen atoms in total. The minimum absolute atomic E-state index is 0.00922.